The highest BCUT2D eigenvalue weighted by atomic mass is 35.5. The molecule has 1 N–H and O–H groups in total. The molecule has 1 aliphatic carbocycles. The van der Waals surface area contributed by atoms with Crippen LogP contribution in [-0.4, -0.2) is 28.8 Å². The van der Waals surface area contributed by atoms with Gasteiger partial charge >= 0.3 is 0 Å². The van der Waals surface area contributed by atoms with Crippen LogP contribution >= 0.6 is 11.6 Å². The topological polar surface area (TPSA) is 49.4 Å². The molecule has 0 aromatic heterocycles. The van der Waals surface area contributed by atoms with Crippen LogP contribution in [0.5, 0.6) is 0 Å². The first-order valence-electron chi connectivity index (χ1n) is 10.8. The Kier molecular flexibility index (Phi) is 7.92. The Morgan fingerprint density at radius 1 is 1.07 bits per heavy atom. The lowest BCUT2D eigenvalue weighted by molar-refractivity contribution is -0.140. The molecule has 0 unspecified atom stereocenters. The molecule has 2 aromatic rings. The molecule has 5 heteroatoms. The maximum atomic E-state index is 13.2. The van der Waals surface area contributed by atoms with E-state index in [1.165, 1.54) is 0 Å². The van der Waals surface area contributed by atoms with Crippen LogP contribution in [0, 0.1) is 6.92 Å². The molecule has 0 heterocycles. The predicted octanol–water partition coefficient (Wildman–Crippen LogP) is 5.06. The van der Waals surface area contributed by atoms with E-state index in [-0.39, 0.29) is 17.9 Å². The highest BCUT2D eigenvalue weighted by Gasteiger charge is 2.28. The van der Waals surface area contributed by atoms with Crippen molar-refractivity contribution in [2.45, 2.75) is 71.0 Å². The Labute approximate surface area is 184 Å². The van der Waals surface area contributed by atoms with Crippen molar-refractivity contribution < 1.29 is 9.59 Å². The SMILES string of the molecule is Cc1ccccc1CN(C(=O)CCc1ccccc1Cl)[C@H](C)C(=O)NC1CCCC1. The van der Waals surface area contributed by atoms with Gasteiger partial charge in [0, 0.05) is 24.0 Å². The van der Waals surface area contributed by atoms with E-state index in [0.29, 0.717) is 24.4 Å². The number of carbonyl (C=O) groups excluding carboxylic acids is 2. The summed E-state index contributed by atoms with van der Waals surface area (Å²) in [5.74, 6) is -0.103. The van der Waals surface area contributed by atoms with Gasteiger partial charge in [-0.05, 0) is 55.9 Å². The van der Waals surface area contributed by atoms with E-state index in [1.54, 1.807) is 4.90 Å². The summed E-state index contributed by atoms with van der Waals surface area (Å²) < 4.78 is 0. The molecular weight excluding hydrogens is 396 g/mol. The van der Waals surface area contributed by atoms with Gasteiger partial charge in [0.05, 0.1) is 0 Å². The van der Waals surface area contributed by atoms with Crippen LogP contribution in [0.15, 0.2) is 48.5 Å². The molecule has 30 heavy (non-hydrogen) atoms. The first kappa shape index (κ1) is 22.4. The summed E-state index contributed by atoms with van der Waals surface area (Å²) >= 11 is 6.26. The number of rotatable bonds is 8. The van der Waals surface area contributed by atoms with Crippen molar-refractivity contribution in [1.29, 1.82) is 0 Å². The third-order valence-electron chi connectivity index (χ3n) is 6.04. The minimum absolute atomic E-state index is 0.0350. The third kappa shape index (κ3) is 5.85. The van der Waals surface area contributed by atoms with E-state index in [2.05, 4.69) is 5.32 Å². The highest BCUT2D eigenvalue weighted by Crippen LogP contribution is 2.21. The number of benzene rings is 2. The fourth-order valence-electron chi connectivity index (χ4n) is 4.03. The number of carbonyl (C=O) groups is 2. The van der Waals surface area contributed by atoms with E-state index in [1.807, 2.05) is 62.4 Å². The van der Waals surface area contributed by atoms with E-state index in [9.17, 15) is 9.59 Å². The summed E-state index contributed by atoms with van der Waals surface area (Å²) in [6.45, 7) is 4.29. The van der Waals surface area contributed by atoms with Crippen LogP contribution in [0.25, 0.3) is 0 Å². The molecule has 2 aromatic carbocycles. The van der Waals surface area contributed by atoms with Crippen molar-refractivity contribution in [2.24, 2.45) is 0 Å². The van der Waals surface area contributed by atoms with Gasteiger partial charge in [0.25, 0.3) is 0 Å². The molecular formula is C25H31ClN2O2. The van der Waals surface area contributed by atoms with E-state index in [0.717, 1.165) is 42.4 Å². The number of hydrogen-bond acceptors (Lipinski definition) is 2. The van der Waals surface area contributed by atoms with Gasteiger partial charge in [-0.25, -0.2) is 0 Å². The number of halogens is 1. The van der Waals surface area contributed by atoms with Crippen LogP contribution in [0.3, 0.4) is 0 Å². The Bertz CT molecular complexity index is 877. The standard InChI is InChI=1S/C25H31ClN2O2/c1-18-9-3-4-11-21(18)17-28(19(2)25(30)27-22-12-6-7-13-22)24(29)16-15-20-10-5-8-14-23(20)26/h3-5,8-11,14,19,22H,6-7,12-13,15-17H2,1-2H3,(H,27,30)/t19-/m1/s1. The van der Waals surface area contributed by atoms with Crippen molar-refractivity contribution in [2.75, 3.05) is 0 Å². The van der Waals surface area contributed by atoms with Crippen LogP contribution < -0.4 is 5.32 Å². The molecule has 0 radical (unpaired) electrons. The molecule has 0 aliphatic heterocycles. The van der Waals surface area contributed by atoms with E-state index >= 15 is 0 Å². The number of amides is 2. The van der Waals surface area contributed by atoms with Crippen molar-refractivity contribution in [3.63, 3.8) is 0 Å². The van der Waals surface area contributed by atoms with Crippen molar-refractivity contribution >= 4 is 23.4 Å². The normalized spacial score (nSPS) is 15.0. The van der Waals surface area contributed by atoms with Gasteiger partial charge < -0.3 is 10.2 Å². The summed E-state index contributed by atoms with van der Waals surface area (Å²) in [5.41, 5.74) is 3.13. The van der Waals surface area contributed by atoms with Crippen LogP contribution in [-0.2, 0) is 22.6 Å². The van der Waals surface area contributed by atoms with Gasteiger partial charge in [-0.2, -0.15) is 0 Å². The number of hydrogen-bond donors (Lipinski definition) is 1. The lowest BCUT2D eigenvalue weighted by Crippen LogP contribution is -2.49. The van der Waals surface area contributed by atoms with Gasteiger partial charge in [-0.15, -0.1) is 0 Å². The third-order valence-corrected chi connectivity index (χ3v) is 6.41. The zero-order chi connectivity index (χ0) is 21.5. The van der Waals surface area contributed by atoms with Crippen LogP contribution in [0.2, 0.25) is 5.02 Å². The van der Waals surface area contributed by atoms with Crippen molar-refractivity contribution in [3.05, 3.63) is 70.2 Å². The fourth-order valence-corrected chi connectivity index (χ4v) is 4.26. The molecule has 4 nitrogen and oxygen atoms in total. The molecule has 1 fully saturated rings. The summed E-state index contributed by atoms with van der Waals surface area (Å²) in [6.07, 6.45) is 5.23. The molecule has 0 saturated heterocycles. The summed E-state index contributed by atoms with van der Waals surface area (Å²) in [5, 5.41) is 3.81. The zero-order valence-corrected chi connectivity index (χ0v) is 18.6. The largest absolute Gasteiger partial charge is 0.352 e. The second-order valence-corrected chi connectivity index (χ2v) is 8.61. The molecule has 1 aliphatic rings. The highest BCUT2D eigenvalue weighted by molar-refractivity contribution is 6.31. The van der Waals surface area contributed by atoms with Gasteiger partial charge in [-0.1, -0.05) is 66.9 Å². The molecule has 1 saturated carbocycles. The molecule has 0 spiro atoms. The second kappa shape index (κ2) is 10.6. The Morgan fingerprint density at radius 2 is 1.70 bits per heavy atom. The first-order valence-corrected chi connectivity index (χ1v) is 11.2. The minimum atomic E-state index is -0.524. The number of aryl methyl sites for hydroxylation is 2. The van der Waals surface area contributed by atoms with Crippen molar-refractivity contribution in [3.8, 4) is 0 Å². The summed E-state index contributed by atoms with van der Waals surface area (Å²) in [7, 11) is 0. The summed E-state index contributed by atoms with van der Waals surface area (Å²) in [4.78, 5) is 27.9. The van der Waals surface area contributed by atoms with Crippen LogP contribution in [0.4, 0.5) is 0 Å². The number of nitrogens with zero attached hydrogens (tertiary/aromatic N) is 1. The van der Waals surface area contributed by atoms with E-state index < -0.39 is 6.04 Å². The van der Waals surface area contributed by atoms with Gasteiger partial charge in [-0.3, -0.25) is 9.59 Å². The average molecular weight is 427 g/mol. The maximum Gasteiger partial charge on any atom is 0.242 e. The zero-order valence-electron chi connectivity index (χ0n) is 17.9. The molecule has 0 bridgehead atoms. The quantitative estimate of drug-likeness (QED) is 0.641. The Morgan fingerprint density at radius 3 is 2.37 bits per heavy atom. The Balaban J connectivity index is 1.73. The fraction of sp³-hybridized carbons (Fsp3) is 0.440. The molecule has 2 amide bonds. The van der Waals surface area contributed by atoms with Gasteiger partial charge in [0.1, 0.15) is 6.04 Å². The Hall–Kier alpha value is -2.33. The maximum absolute atomic E-state index is 13.2. The molecule has 1 atom stereocenters. The monoisotopic (exact) mass is 426 g/mol. The second-order valence-electron chi connectivity index (χ2n) is 8.21. The number of nitrogens with one attached hydrogen (secondary N) is 1. The predicted molar refractivity (Wildman–Crippen MR) is 121 cm³/mol. The lowest BCUT2D eigenvalue weighted by Gasteiger charge is -2.30. The molecule has 3 rings (SSSR count). The van der Waals surface area contributed by atoms with Crippen LogP contribution in [0.1, 0.15) is 55.7 Å². The first-order chi connectivity index (χ1) is 14.5. The van der Waals surface area contributed by atoms with Crippen molar-refractivity contribution in [1.82, 2.24) is 10.2 Å². The smallest absolute Gasteiger partial charge is 0.242 e. The van der Waals surface area contributed by atoms with Gasteiger partial charge in [0.2, 0.25) is 11.8 Å². The minimum Gasteiger partial charge on any atom is -0.352 e. The molecule has 160 valence electrons. The average Bonchev–Trinajstić information content (AvgIpc) is 3.25. The lowest BCUT2D eigenvalue weighted by atomic mass is 10.1. The summed E-state index contributed by atoms with van der Waals surface area (Å²) in [6, 6.07) is 15.3. The van der Waals surface area contributed by atoms with E-state index in [4.69, 9.17) is 11.6 Å². The van der Waals surface area contributed by atoms with Gasteiger partial charge in [0.15, 0.2) is 0 Å².